The molecule has 0 unspecified atom stereocenters. The molecule has 0 aliphatic carbocycles. The first-order valence-electron chi connectivity index (χ1n) is 11.0. The van der Waals surface area contributed by atoms with E-state index >= 15 is 0 Å². The number of aromatic nitrogens is 2. The first kappa shape index (κ1) is 21.0. The zero-order chi connectivity index (χ0) is 23.9. The molecule has 5 aromatic rings. The lowest BCUT2D eigenvalue weighted by Gasteiger charge is -2.25. The van der Waals surface area contributed by atoms with Gasteiger partial charge in [0, 0.05) is 16.6 Å². The predicted octanol–water partition coefficient (Wildman–Crippen LogP) is 6.23. The van der Waals surface area contributed by atoms with Gasteiger partial charge in [0.1, 0.15) is 6.42 Å². The molecule has 0 bridgehead atoms. The molecule has 2 amide bonds. The van der Waals surface area contributed by atoms with Crippen LogP contribution in [0.2, 0.25) is 0 Å². The molecule has 35 heavy (non-hydrogen) atoms. The van der Waals surface area contributed by atoms with Gasteiger partial charge >= 0.3 is 4.84 Å². The summed E-state index contributed by atoms with van der Waals surface area (Å²) in [6.07, 6.45) is -0.277. The summed E-state index contributed by atoms with van der Waals surface area (Å²) in [4.78, 5) is 32.0. The van der Waals surface area contributed by atoms with Crippen molar-refractivity contribution < 1.29 is 14.1 Å². The summed E-state index contributed by atoms with van der Waals surface area (Å²) < 4.78 is 5.07. The highest BCUT2D eigenvalue weighted by Gasteiger charge is 2.30. The highest BCUT2D eigenvalue weighted by atomic mass is 32.1. The maximum absolute atomic E-state index is 13.4. The average molecular weight is 479 g/mol. The summed E-state index contributed by atoms with van der Waals surface area (Å²) in [6, 6.07) is 27.1. The van der Waals surface area contributed by atoms with Gasteiger partial charge in [0.2, 0.25) is 11.8 Å². The second-order valence-corrected chi connectivity index (χ2v) is 8.51. The Morgan fingerprint density at radius 1 is 0.857 bits per heavy atom. The summed E-state index contributed by atoms with van der Waals surface area (Å²) in [5, 5.41) is 7.51. The Morgan fingerprint density at radius 3 is 2.37 bits per heavy atom. The van der Waals surface area contributed by atoms with Gasteiger partial charge < -0.3 is 9.84 Å². The summed E-state index contributed by atoms with van der Waals surface area (Å²) in [6.45, 7) is 0. The van der Waals surface area contributed by atoms with Crippen molar-refractivity contribution in [2.24, 2.45) is 0 Å². The largest absolute Gasteiger partial charge is 0.348 e. The Morgan fingerprint density at radius 2 is 1.60 bits per heavy atom. The Labute approximate surface area is 205 Å². The fourth-order valence-corrected chi connectivity index (χ4v) is 4.62. The van der Waals surface area contributed by atoms with E-state index in [1.807, 2.05) is 84.9 Å². The summed E-state index contributed by atoms with van der Waals surface area (Å²) in [5.74, 6) is -0.231. The van der Waals surface area contributed by atoms with E-state index in [4.69, 9.17) is 16.7 Å². The van der Waals surface area contributed by atoms with Crippen LogP contribution >= 0.6 is 12.2 Å². The van der Waals surface area contributed by atoms with Gasteiger partial charge in [-0.3, -0.25) is 14.5 Å². The molecular weight excluding hydrogens is 460 g/mol. The quantitative estimate of drug-likeness (QED) is 0.237. The van der Waals surface area contributed by atoms with Crippen LogP contribution in [0.25, 0.3) is 33.3 Å². The number of aromatic amines is 1. The topological polar surface area (TPSA) is 91.2 Å². The molecular formula is C27H18N4O3S. The lowest BCUT2D eigenvalue weighted by atomic mass is 9.95. The summed E-state index contributed by atoms with van der Waals surface area (Å²) in [7, 11) is 0. The minimum absolute atomic E-state index is 0.0929. The fraction of sp³-hybridized carbons (Fsp3) is 0.0370. The van der Waals surface area contributed by atoms with Crippen LogP contribution in [0.5, 0.6) is 0 Å². The molecule has 1 aliphatic rings. The number of benzene rings is 4. The number of H-pyrrole nitrogens is 1. The fourth-order valence-electron chi connectivity index (χ4n) is 4.49. The van der Waals surface area contributed by atoms with Gasteiger partial charge in [-0.1, -0.05) is 66.7 Å². The van der Waals surface area contributed by atoms with E-state index in [0.717, 1.165) is 21.9 Å². The van der Waals surface area contributed by atoms with E-state index in [1.165, 1.54) is 0 Å². The van der Waals surface area contributed by atoms with E-state index in [1.54, 1.807) is 4.90 Å². The first-order valence-corrected chi connectivity index (χ1v) is 11.4. The van der Waals surface area contributed by atoms with Gasteiger partial charge in [0.05, 0.1) is 11.4 Å². The summed E-state index contributed by atoms with van der Waals surface area (Å²) >= 11 is 4.98. The van der Waals surface area contributed by atoms with Crippen molar-refractivity contribution in [1.29, 1.82) is 0 Å². The molecule has 0 saturated carbocycles. The Kier molecular flexibility index (Phi) is 5.00. The summed E-state index contributed by atoms with van der Waals surface area (Å²) in [5.41, 5.74) is 4.47. The van der Waals surface area contributed by atoms with Gasteiger partial charge in [-0.25, -0.2) is 5.16 Å². The minimum atomic E-state index is -0.354. The third kappa shape index (κ3) is 3.70. The molecule has 6 rings (SSSR count). The van der Waals surface area contributed by atoms with Crippen LogP contribution in [-0.2, 0) is 9.59 Å². The number of hydrogen-bond acceptors (Lipinski definition) is 5. The van der Waals surface area contributed by atoms with Crippen molar-refractivity contribution in [3.63, 3.8) is 0 Å². The molecule has 1 aromatic heterocycles. The second kappa shape index (κ2) is 8.34. The van der Waals surface area contributed by atoms with E-state index < -0.39 is 0 Å². The zero-order valence-electron chi connectivity index (χ0n) is 18.3. The maximum atomic E-state index is 13.4. The number of carbonyl (C=O) groups excluding carboxylic acids is 2. The third-order valence-electron chi connectivity index (χ3n) is 5.99. The Hall–Kier alpha value is -4.56. The van der Waals surface area contributed by atoms with Gasteiger partial charge in [-0.2, -0.15) is 4.98 Å². The molecule has 1 aliphatic heterocycles. The second-order valence-electron chi connectivity index (χ2n) is 8.16. The van der Waals surface area contributed by atoms with Crippen LogP contribution in [-0.4, -0.2) is 22.0 Å². The van der Waals surface area contributed by atoms with Crippen LogP contribution in [0.3, 0.4) is 0 Å². The molecule has 170 valence electrons. The van der Waals surface area contributed by atoms with Crippen LogP contribution in [0.4, 0.5) is 17.1 Å². The van der Waals surface area contributed by atoms with Crippen LogP contribution < -0.4 is 10.2 Å². The smallest absolute Gasteiger partial charge is 0.314 e. The molecule has 0 spiro atoms. The molecule has 0 atom stereocenters. The highest BCUT2D eigenvalue weighted by molar-refractivity contribution is 7.71. The monoisotopic (exact) mass is 478 g/mol. The van der Waals surface area contributed by atoms with Gasteiger partial charge in [-0.15, -0.1) is 0 Å². The number of fused-ring (bicyclic) bond motifs is 3. The molecule has 2 heterocycles. The maximum Gasteiger partial charge on any atom is 0.314 e. The standard InChI is InChI=1S/C27H18N4O3S/c32-23-15-24(33)31(18-10-6-9-17(13-18)26-29-27(35)34-30-26)22-14-21(16-7-2-1-3-8-16)19-11-4-5-12-20(19)25(22)28-23/h1-14H,15H2,(H,28,32)(H,29,30,35). The van der Waals surface area contributed by atoms with Crippen molar-refractivity contribution in [3.8, 4) is 22.5 Å². The van der Waals surface area contributed by atoms with Crippen molar-refractivity contribution in [1.82, 2.24) is 10.1 Å². The molecule has 2 N–H and O–H groups in total. The van der Waals surface area contributed by atoms with Crippen molar-refractivity contribution >= 4 is 51.9 Å². The molecule has 8 heteroatoms. The molecule has 0 radical (unpaired) electrons. The van der Waals surface area contributed by atoms with Crippen molar-refractivity contribution in [3.05, 3.63) is 89.8 Å². The van der Waals surface area contributed by atoms with Crippen LogP contribution in [0.15, 0.2) is 89.5 Å². The lowest BCUT2D eigenvalue weighted by Crippen LogP contribution is -2.26. The van der Waals surface area contributed by atoms with E-state index in [2.05, 4.69) is 15.5 Å². The number of nitrogens with zero attached hydrogens (tertiary/aromatic N) is 2. The highest BCUT2D eigenvalue weighted by Crippen LogP contribution is 2.44. The van der Waals surface area contributed by atoms with E-state index in [0.29, 0.717) is 28.5 Å². The lowest BCUT2D eigenvalue weighted by molar-refractivity contribution is -0.124. The van der Waals surface area contributed by atoms with Crippen LogP contribution in [0, 0.1) is 4.84 Å². The average Bonchev–Trinajstić information content (AvgIpc) is 3.26. The molecule has 0 saturated heterocycles. The number of carbonyl (C=O) groups is 2. The van der Waals surface area contributed by atoms with Gasteiger partial charge in [0.25, 0.3) is 0 Å². The first-order chi connectivity index (χ1) is 17.1. The van der Waals surface area contributed by atoms with Crippen molar-refractivity contribution in [2.75, 3.05) is 10.2 Å². The van der Waals surface area contributed by atoms with Crippen LogP contribution in [0.1, 0.15) is 6.42 Å². The zero-order valence-corrected chi connectivity index (χ0v) is 19.1. The number of rotatable bonds is 3. The molecule has 7 nitrogen and oxygen atoms in total. The number of amides is 2. The minimum Gasteiger partial charge on any atom is -0.348 e. The number of anilines is 3. The number of hydrogen-bond donors (Lipinski definition) is 2. The Balaban J connectivity index is 1.62. The normalized spacial score (nSPS) is 13.4. The Bertz CT molecular complexity index is 1670. The molecule has 4 aromatic carbocycles. The van der Waals surface area contributed by atoms with Crippen molar-refractivity contribution in [2.45, 2.75) is 6.42 Å². The number of nitrogens with one attached hydrogen (secondary N) is 2. The SMILES string of the molecule is O=C1CC(=O)N(c2cccc(-c3nc(=S)o[nH]3)c2)c2cc(-c3ccccc3)c3ccccc3c2N1. The van der Waals surface area contributed by atoms with Gasteiger partial charge in [-0.05, 0) is 46.9 Å². The van der Waals surface area contributed by atoms with E-state index in [-0.39, 0.29) is 23.1 Å². The molecule has 0 fully saturated rings. The van der Waals surface area contributed by atoms with Gasteiger partial charge in [0.15, 0.2) is 5.82 Å². The van der Waals surface area contributed by atoms with E-state index in [9.17, 15) is 9.59 Å². The predicted molar refractivity (Wildman–Crippen MR) is 137 cm³/mol. The third-order valence-corrected chi connectivity index (χ3v) is 6.17.